The molecule has 18 heavy (non-hydrogen) atoms. The Bertz CT molecular complexity index is 257. The van der Waals surface area contributed by atoms with Gasteiger partial charge in [-0.2, -0.15) is 0 Å². The van der Waals surface area contributed by atoms with Crippen molar-refractivity contribution >= 4 is 18.3 Å². The highest BCUT2D eigenvalue weighted by Gasteiger charge is 2.28. The summed E-state index contributed by atoms with van der Waals surface area (Å²) in [5.74, 6) is 0.787. The third-order valence-corrected chi connectivity index (χ3v) is 3.89. The molecule has 0 bridgehead atoms. The highest BCUT2D eigenvalue weighted by Crippen LogP contribution is 2.22. The Balaban J connectivity index is 0.00000162. The van der Waals surface area contributed by atoms with E-state index in [2.05, 4.69) is 10.6 Å². The highest BCUT2D eigenvalue weighted by molar-refractivity contribution is 5.85. The molecule has 2 fully saturated rings. The van der Waals surface area contributed by atoms with Crippen LogP contribution in [0.15, 0.2) is 0 Å². The van der Waals surface area contributed by atoms with Crippen molar-refractivity contribution in [3.05, 3.63) is 0 Å². The first kappa shape index (κ1) is 15.7. The van der Waals surface area contributed by atoms with E-state index in [-0.39, 0.29) is 30.5 Å². The standard InChI is InChI=1S/C13H24N2O2.ClH/c1-10-12(14-7-8-17-10)13(16)15-9-11-5-3-2-4-6-11;/h10-12,14H,2-9H2,1H3,(H,15,16);1H/t10-,12+;/m1./s1. The number of hydrogen-bond acceptors (Lipinski definition) is 3. The smallest absolute Gasteiger partial charge is 0.239 e. The van der Waals surface area contributed by atoms with E-state index in [1.54, 1.807) is 0 Å². The normalized spacial score (nSPS) is 29.4. The summed E-state index contributed by atoms with van der Waals surface area (Å²) >= 11 is 0. The van der Waals surface area contributed by atoms with Crippen molar-refractivity contribution in [3.8, 4) is 0 Å². The van der Waals surface area contributed by atoms with Crippen molar-refractivity contribution in [2.24, 2.45) is 5.92 Å². The van der Waals surface area contributed by atoms with Gasteiger partial charge in [0.15, 0.2) is 0 Å². The second-order valence-electron chi connectivity index (χ2n) is 5.26. The summed E-state index contributed by atoms with van der Waals surface area (Å²) in [6, 6.07) is -0.174. The van der Waals surface area contributed by atoms with Gasteiger partial charge in [-0.15, -0.1) is 12.4 Å². The van der Waals surface area contributed by atoms with Crippen LogP contribution in [0.2, 0.25) is 0 Å². The minimum atomic E-state index is -0.174. The average molecular weight is 277 g/mol. The molecule has 2 N–H and O–H groups in total. The van der Waals surface area contributed by atoms with Crippen LogP contribution in [-0.2, 0) is 9.53 Å². The number of rotatable bonds is 3. The Morgan fingerprint density at radius 1 is 1.33 bits per heavy atom. The highest BCUT2D eigenvalue weighted by atomic mass is 35.5. The van der Waals surface area contributed by atoms with E-state index in [4.69, 9.17) is 4.74 Å². The molecule has 0 unspecified atom stereocenters. The summed E-state index contributed by atoms with van der Waals surface area (Å²) < 4.78 is 5.48. The second-order valence-corrected chi connectivity index (χ2v) is 5.26. The summed E-state index contributed by atoms with van der Waals surface area (Å²) in [7, 11) is 0. The third-order valence-electron chi connectivity index (χ3n) is 3.89. The molecule has 1 saturated heterocycles. The van der Waals surface area contributed by atoms with Gasteiger partial charge in [0.1, 0.15) is 6.04 Å². The summed E-state index contributed by atoms with van der Waals surface area (Å²) in [5.41, 5.74) is 0. The Labute approximate surface area is 116 Å². The van der Waals surface area contributed by atoms with Gasteiger partial charge in [0.05, 0.1) is 12.7 Å². The van der Waals surface area contributed by atoms with Crippen LogP contribution in [0.5, 0.6) is 0 Å². The van der Waals surface area contributed by atoms with Crippen LogP contribution in [0.25, 0.3) is 0 Å². The van der Waals surface area contributed by atoms with Crippen molar-refractivity contribution in [1.29, 1.82) is 0 Å². The predicted molar refractivity (Wildman–Crippen MR) is 74.0 cm³/mol. The van der Waals surface area contributed by atoms with Crippen molar-refractivity contribution < 1.29 is 9.53 Å². The first-order valence-electron chi connectivity index (χ1n) is 6.90. The molecule has 2 rings (SSSR count). The second kappa shape index (κ2) is 7.97. The van der Waals surface area contributed by atoms with Crippen LogP contribution < -0.4 is 10.6 Å². The molecule has 0 spiro atoms. The molecule has 1 aliphatic carbocycles. The lowest BCUT2D eigenvalue weighted by Gasteiger charge is -2.30. The van der Waals surface area contributed by atoms with Gasteiger partial charge >= 0.3 is 0 Å². The molecule has 1 amide bonds. The van der Waals surface area contributed by atoms with E-state index in [1.807, 2.05) is 6.92 Å². The number of ether oxygens (including phenoxy) is 1. The summed E-state index contributed by atoms with van der Waals surface area (Å²) in [5, 5.41) is 6.29. The number of carbonyl (C=O) groups is 1. The average Bonchev–Trinajstić information content (AvgIpc) is 2.38. The van der Waals surface area contributed by atoms with Gasteiger partial charge in [-0.25, -0.2) is 0 Å². The maximum atomic E-state index is 12.0. The minimum absolute atomic E-state index is 0. The number of nitrogens with one attached hydrogen (secondary N) is 2. The van der Waals surface area contributed by atoms with E-state index >= 15 is 0 Å². The van der Waals surface area contributed by atoms with E-state index in [9.17, 15) is 4.79 Å². The van der Waals surface area contributed by atoms with Gasteiger partial charge < -0.3 is 15.4 Å². The number of hydrogen-bond donors (Lipinski definition) is 2. The monoisotopic (exact) mass is 276 g/mol. The molecule has 1 heterocycles. The van der Waals surface area contributed by atoms with Crippen LogP contribution in [0, 0.1) is 5.92 Å². The maximum Gasteiger partial charge on any atom is 0.239 e. The molecule has 1 saturated carbocycles. The Kier molecular flexibility index (Phi) is 6.97. The van der Waals surface area contributed by atoms with Crippen LogP contribution in [0.1, 0.15) is 39.0 Å². The number of carbonyl (C=O) groups excluding carboxylic acids is 1. The van der Waals surface area contributed by atoms with Crippen molar-refractivity contribution in [2.75, 3.05) is 19.7 Å². The molecular formula is C13H25ClN2O2. The molecular weight excluding hydrogens is 252 g/mol. The van der Waals surface area contributed by atoms with E-state index in [1.165, 1.54) is 32.1 Å². The fraction of sp³-hybridized carbons (Fsp3) is 0.923. The fourth-order valence-corrected chi connectivity index (χ4v) is 2.77. The molecule has 4 nitrogen and oxygen atoms in total. The molecule has 0 radical (unpaired) electrons. The zero-order chi connectivity index (χ0) is 12.1. The van der Waals surface area contributed by atoms with Gasteiger partial charge in [0.25, 0.3) is 0 Å². The number of morpholine rings is 1. The quantitative estimate of drug-likeness (QED) is 0.821. The van der Waals surface area contributed by atoms with Gasteiger partial charge in [-0.1, -0.05) is 19.3 Å². The van der Waals surface area contributed by atoms with E-state index in [0.717, 1.165) is 13.1 Å². The largest absolute Gasteiger partial charge is 0.375 e. The molecule has 2 atom stereocenters. The van der Waals surface area contributed by atoms with Crippen LogP contribution in [0.4, 0.5) is 0 Å². The van der Waals surface area contributed by atoms with Crippen molar-refractivity contribution in [2.45, 2.75) is 51.2 Å². The van der Waals surface area contributed by atoms with Gasteiger partial charge in [-0.3, -0.25) is 4.79 Å². The van der Waals surface area contributed by atoms with Crippen LogP contribution in [0.3, 0.4) is 0 Å². The first-order chi connectivity index (χ1) is 8.27. The number of halogens is 1. The fourth-order valence-electron chi connectivity index (χ4n) is 2.77. The van der Waals surface area contributed by atoms with Gasteiger partial charge in [0, 0.05) is 13.1 Å². The van der Waals surface area contributed by atoms with Gasteiger partial charge in [-0.05, 0) is 25.7 Å². The summed E-state index contributed by atoms with van der Waals surface area (Å²) in [4.78, 5) is 12.0. The van der Waals surface area contributed by atoms with Crippen molar-refractivity contribution in [1.82, 2.24) is 10.6 Å². The molecule has 0 aromatic rings. The molecule has 0 aromatic carbocycles. The van der Waals surface area contributed by atoms with Crippen LogP contribution >= 0.6 is 12.4 Å². The minimum Gasteiger partial charge on any atom is -0.375 e. The van der Waals surface area contributed by atoms with E-state index in [0.29, 0.717) is 12.5 Å². The van der Waals surface area contributed by atoms with Crippen LogP contribution in [-0.4, -0.2) is 37.7 Å². The lowest BCUT2D eigenvalue weighted by molar-refractivity contribution is -0.129. The number of amides is 1. The molecule has 0 aromatic heterocycles. The zero-order valence-corrected chi connectivity index (χ0v) is 11.9. The van der Waals surface area contributed by atoms with Gasteiger partial charge in [0.2, 0.25) is 5.91 Å². The third kappa shape index (κ3) is 4.41. The SMILES string of the molecule is C[C@H]1OCCN[C@@H]1C(=O)NCC1CCCCC1.Cl. The molecule has 1 aliphatic heterocycles. The topological polar surface area (TPSA) is 50.4 Å². The van der Waals surface area contributed by atoms with Crippen molar-refractivity contribution in [3.63, 3.8) is 0 Å². The Hall–Kier alpha value is -0.320. The predicted octanol–water partition coefficient (Wildman–Crippen LogP) is 1.48. The van der Waals surface area contributed by atoms with E-state index < -0.39 is 0 Å². The first-order valence-corrected chi connectivity index (χ1v) is 6.90. The lowest BCUT2D eigenvalue weighted by Crippen LogP contribution is -2.56. The lowest BCUT2D eigenvalue weighted by atomic mass is 9.89. The molecule has 106 valence electrons. The maximum absolute atomic E-state index is 12.0. The Morgan fingerprint density at radius 3 is 2.72 bits per heavy atom. The Morgan fingerprint density at radius 2 is 2.06 bits per heavy atom. The zero-order valence-electron chi connectivity index (χ0n) is 11.1. The molecule has 5 heteroatoms. The molecule has 2 aliphatic rings. The summed E-state index contributed by atoms with van der Waals surface area (Å²) in [6.45, 7) is 4.26. The summed E-state index contributed by atoms with van der Waals surface area (Å²) in [6.07, 6.45) is 6.52.